The zero-order chi connectivity index (χ0) is 18.8. The Morgan fingerprint density at radius 3 is 2.52 bits per heavy atom. The Kier molecular flexibility index (Phi) is 5.20. The average molecular weight is 355 g/mol. The van der Waals surface area contributed by atoms with Crippen molar-refractivity contribution in [2.75, 3.05) is 14.2 Å². The van der Waals surface area contributed by atoms with Gasteiger partial charge in [-0.25, -0.2) is 4.79 Å². The van der Waals surface area contributed by atoms with Crippen LogP contribution in [0.2, 0.25) is 0 Å². The Labute approximate surface area is 142 Å². The fraction of sp³-hybridized carbons (Fsp3) is 0.294. The minimum Gasteiger partial charge on any atom is -0.465 e. The molecule has 0 atom stereocenters. The van der Waals surface area contributed by atoms with Gasteiger partial charge in [-0.05, 0) is 31.2 Å². The van der Waals surface area contributed by atoms with Crippen LogP contribution >= 0.6 is 0 Å². The molecule has 0 aliphatic carbocycles. The highest BCUT2D eigenvalue weighted by molar-refractivity contribution is 5.94. The quantitative estimate of drug-likeness (QED) is 0.786. The summed E-state index contributed by atoms with van der Waals surface area (Å²) in [4.78, 5) is 25.1. The molecule has 0 aliphatic rings. The molecule has 0 aliphatic heterocycles. The molecular weight excluding hydrogens is 339 g/mol. The maximum atomic E-state index is 12.8. The number of benzene rings is 1. The van der Waals surface area contributed by atoms with Crippen molar-refractivity contribution < 1.29 is 31.9 Å². The lowest BCUT2D eigenvalue weighted by Crippen LogP contribution is -2.26. The molecule has 1 aromatic heterocycles. The van der Waals surface area contributed by atoms with Gasteiger partial charge < -0.3 is 14.1 Å². The van der Waals surface area contributed by atoms with Gasteiger partial charge in [0.05, 0.1) is 19.2 Å². The van der Waals surface area contributed by atoms with Gasteiger partial charge in [0.2, 0.25) is 0 Å². The number of ether oxygens (including phenoxy) is 1. The summed E-state index contributed by atoms with van der Waals surface area (Å²) in [6.45, 7) is 1.57. The first kappa shape index (κ1) is 18.6. The SMILES string of the molecule is COC(=O)c1cc(CN(C)C(=O)c2cccc(C(F)(F)F)c2)oc1C. The summed E-state index contributed by atoms with van der Waals surface area (Å²) in [5.74, 6) is -0.512. The molecule has 1 aromatic carbocycles. The number of nitrogens with zero attached hydrogens (tertiary/aromatic N) is 1. The molecule has 5 nitrogen and oxygen atoms in total. The Hall–Kier alpha value is -2.77. The number of hydrogen-bond donors (Lipinski definition) is 0. The molecule has 1 amide bonds. The van der Waals surface area contributed by atoms with Crippen LogP contribution in [-0.2, 0) is 17.5 Å². The second-order valence-electron chi connectivity index (χ2n) is 5.41. The summed E-state index contributed by atoms with van der Waals surface area (Å²) in [6, 6.07) is 5.62. The van der Waals surface area contributed by atoms with Crippen molar-refractivity contribution in [3.05, 3.63) is 58.5 Å². The molecule has 0 saturated heterocycles. The molecule has 0 N–H and O–H groups in total. The molecule has 2 aromatic rings. The molecule has 1 heterocycles. The van der Waals surface area contributed by atoms with E-state index in [-0.39, 0.29) is 17.7 Å². The van der Waals surface area contributed by atoms with Crippen LogP contribution in [0.15, 0.2) is 34.7 Å². The lowest BCUT2D eigenvalue weighted by Gasteiger charge is -2.16. The van der Waals surface area contributed by atoms with Gasteiger partial charge in [-0.2, -0.15) is 13.2 Å². The summed E-state index contributed by atoms with van der Waals surface area (Å²) < 4.78 is 48.3. The van der Waals surface area contributed by atoms with Crippen LogP contribution in [0, 0.1) is 6.92 Å². The fourth-order valence-corrected chi connectivity index (χ4v) is 2.29. The van der Waals surface area contributed by atoms with Gasteiger partial charge in [-0.15, -0.1) is 0 Å². The van der Waals surface area contributed by atoms with E-state index in [2.05, 4.69) is 4.74 Å². The molecule has 134 valence electrons. The number of carbonyl (C=O) groups is 2. The van der Waals surface area contributed by atoms with Gasteiger partial charge in [0, 0.05) is 12.6 Å². The van der Waals surface area contributed by atoms with Crippen molar-refractivity contribution in [2.24, 2.45) is 0 Å². The van der Waals surface area contributed by atoms with Crippen molar-refractivity contribution >= 4 is 11.9 Å². The molecule has 0 spiro atoms. The lowest BCUT2D eigenvalue weighted by atomic mass is 10.1. The van der Waals surface area contributed by atoms with Gasteiger partial charge in [0.15, 0.2) is 0 Å². The Morgan fingerprint density at radius 2 is 1.92 bits per heavy atom. The molecule has 25 heavy (non-hydrogen) atoms. The van der Waals surface area contributed by atoms with Gasteiger partial charge >= 0.3 is 12.1 Å². The zero-order valence-corrected chi connectivity index (χ0v) is 13.8. The largest absolute Gasteiger partial charge is 0.465 e. The van der Waals surface area contributed by atoms with E-state index >= 15 is 0 Å². The van der Waals surface area contributed by atoms with E-state index < -0.39 is 23.6 Å². The second-order valence-corrected chi connectivity index (χ2v) is 5.41. The summed E-state index contributed by atoms with van der Waals surface area (Å²) in [7, 11) is 2.66. The number of esters is 1. The van der Waals surface area contributed by atoms with Crippen LogP contribution in [0.25, 0.3) is 0 Å². The first-order valence-electron chi connectivity index (χ1n) is 7.24. The minimum absolute atomic E-state index is 0.00703. The van der Waals surface area contributed by atoms with Crippen LogP contribution < -0.4 is 0 Å². The van der Waals surface area contributed by atoms with E-state index in [0.29, 0.717) is 11.5 Å². The second kappa shape index (κ2) is 7.00. The lowest BCUT2D eigenvalue weighted by molar-refractivity contribution is -0.137. The van der Waals surface area contributed by atoms with Gasteiger partial charge in [0.25, 0.3) is 5.91 Å². The zero-order valence-electron chi connectivity index (χ0n) is 13.8. The highest BCUT2D eigenvalue weighted by Crippen LogP contribution is 2.29. The third-order valence-corrected chi connectivity index (χ3v) is 3.55. The number of halogens is 3. The topological polar surface area (TPSA) is 59.8 Å². The van der Waals surface area contributed by atoms with Gasteiger partial charge in [-0.1, -0.05) is 6.07 Å². The number of carbonyl (C=O) groups excluding carboxylic acids is 2. The molecule has 0 radical (unpaired) electrons. The van der Waals surface area contributed by atoms with Gasteiger partial charge in [0.1, 0.15) is 17.1 Å². The summed E-state index contributed by atoms with van der Waals surface area (Å²) >= 11 is 0. The number of methoxy groups -OCH3 is 1. The monoisotopic (exact) mass is 355 g/mol. The number of aryl methyl sites for hydroxylation is 1. The number of hydrogen-bond acceptors (Lipinski definition) is 4. The standard InChI is InChI=1S/C17H16F3NO4/c1-10-14(16(23)24-3)8-13(25-10)9-21(2)15(22)11-5-4-6-12(7-11)17(18,19)20/h4-8H,9H2,1-3H3. The van der Waals surface area contributed by atoms with Crippen molar-refractivity contribution in [2.45, 2.75) is 19.6 Å². The van der Waals surface area contributed by atoms with Crippen molar-refractivity contribution in [3.8, 4) is 0 Å². The number of alkyl halides is 3. The molecular formula is C17H16F3NO4. The van der Waals surface area contributed by atoms with Crippen LogP contribution in [-0.4, -0.2) is 30.9 Å². The van der Waals surface area contributed by atoms with Crippen molar-refractivity contribution in [1.82, 2.24) is 4.90 Å². The molecule has 8 heteroatoms. The summed E-state index contributed by atoms with van der Waals surface area (Å²) in [5, 5.41) is 0. The van der Waals surface area contributed by atoms with Gasteiger partial charge in [-0.3, -0.25) is 4.79 Å². The Morgan fingerprint density at radius 1 is 1.24 bits per heavy atom. The number of furan rings is 1. The first-order chi connectivity index (χ1) is 11.6. The summed E-state index contributed by atoms with van der Waals surface area (Å²) in [5.41, 5.74) is -0.750. The maximum Gasteiger partial charge on any atom is 0.416 e. The third-order valence-electron chi connectivity index (χ3n) is 3.55. The van der Waals surface area contributed by atoms with Crippen molar-refractivity contribution in [1.29, 1.82) is 0 Å². The number of amides is 1. The predicted octanol–water partition coefficient (Wildman–Crippen LogP) is 3.67. The summed E-state index contributed by atoms with van der Waals surface area (Å²) in [6.07, 6.45) is -4.53. The van der Waals surface area contributed by atoms with E-state index in [1.165, 1.54) is 37.3 Å². The normalized spacial score (nSPS) is 11.3. The fourth-order valence-electron chi connectivity index (χ4n) is 2.29. The van der Waals surface area contributed by atoms with Crippen LogP contribution in [0.5, 0.6) is 0 Å². The smallest absolute Gasteiger partial charge is 0.416 e. The van der Waals surface area contributed by atoms with Crippen LogP contribution in [0.1, 0.15) is 37.8 Å². The average Bonchev–Trinajstić information content (AvgIpc) is 2.93. The van der Waals surface area contributed by atoms with Crippen LogP contribution in [0.4, 0.5) is 13.2 Å². The number of rotatable bonds is 4. The van der Waals surface area contributed by atoms with E-state index in [1.54, 1.807) is 6.92 Å². The van der Waals surface area contributed by atoms with E-state index in [0.717, 1.165) is 12.1 Å². The Balaban J connectivity index is 2.17. The van der Waals surface area contributed by atoms with Crippen molar-refractivity contribution in [3.63, 3.8) is 0 Å². The molecule has 0 unspecified atom stereocenters. The van der Waals surface area contributed by atoms with E-state index in [4.69, 9.17) is 4.42 Å². The molecule has 0 saturated carbocycles. The maximum absolute atomic E-state index is 12.8. The molecule has 0 bridgehead atoms. The highest BCUT2D eigenvalue weighted by Gasteiger charge is 2.31. The Bertz CT molecular complexity index is 795. The molecule has 0 fully saturated rings. The minimum atomic E-state index is -4.53. The predicted molar refractivity (Wildman–Crippen MR) is 82.0 cm³/mol. The third kappa shape index (κ3) is 4.20. The van der Waals surface area contributed by atoms with E-state index in [9.17, 15) is 22.8 Å². The van der Waals surface area contributed by atoms with E-state index in [1.807, 2.05) is 0 Å². The van der Waals surface area contributed by atoms with Crippen LogP contribution in [0.3, 0.4) is 0 Å². The molecule has 2 rings (SSSR count). The first-order valence-corrected chi connectivity index (χ1v) is 7.24. The highest BCUT2D eigenvalue weighted by atomic mass is 19.4.